The quantitative estimate of drug-likeness (QED) is 0.811. The number of alkyl halides is 1. The van der Waals surface area contributed by atoms with Gasteiger partial charge in [0.05, 0.1) is 12.5 Å². The first-order valence-electron chi connectivity index (χ1n) is 5.72. The van der Waals surface area contributed by atoms with E-state index in [0.717, 1.165) is 31.0 Å². The average Bonchev–Trinajstić information content (AvgIpc) is 2.74. The highest BCUT2D eigenvalue weighted by molar-refractivity contribution is 9.09. The van der Waals surface area contributed by atoms with Crippen molar-refractivity contribution in [3.05, 3.63) is 12.5 Å². The van der Waals surface area contributed by atoms with E-state index in [4.69, 9.17) is 0 Å². The standard InChI is InChI=1S/C10H16BrN3O2S/c11-5-2-6-14(9-3-1-4-9)17(15,16)10-7-12-8-13-10/h7-9H,1-6H2,(H,12,13). The van der Waals surface area contributed by atoms with Crippen LogP contribution >= 0.6 is 15.9 Å². The van der Waals surface area contributed by atoms with Crippen LogP contribution in [0.5, 0.6) is 0 Å². The Balaban J connectivity index is 2.19. The first-order valence-corrected chi connectivity index (χ1v) is 8.28. The van der Waals surface area contributed by atoms with Crippen molar-refractivity contribution in [1.82, 2.24) is 14.3 Å². The third kappa shape index (κ3) is 2.71. The molecule has 0 spiro atoms. The SMILES string of the molecule is O=S(=O)(c1cnc[nH]1)N(CCCBr)C1CCC1. The summed E-state index contributed by atoms with van der Waals surface area (Å²) in [6.07, 6.45) is 6.65. The van der Waals surface area contributed by atoms with Crippen LogP contribution in [0.3, 0.4) is 0 Å². The van der Waals surface area contributed by atoms with Gasteiger partial charge in [0.25, 0.3) is 10.0 Å². The molecular weight excluding hydrogens is 306 g/mol. The second kappa shape index (κ2) is 5.49. The van der Waals surface area contributed by atoms with E-state index in [1.54, 1.807) is 4.31 Å². The van der Waals surface area contributed by atoms with Crippen LogP contribution in [0.1, 0.15) is 25.7 Å². The predicted molar refractivity (Wildman–Crippen MR) is 68.5 cm³/mol. The molecule has 7 heteroatoms. The number of H-pyrrole nitrogens is 1. The summed E-state index contributed by atoms with van der Waals surface area (Å²) in [5.41, 5.74) is 0. The van der Waals surface area contributed by atoms with Gasteiger partial charge in [-0.25, -0.2) is 13.4 Å². The van der Waals surface area contributed by atoms with Crippen LogP contribution in [0.15, 0.2) is 17.6 Å². The van der Waals surface area contributed by atoms with Gasteiger partial charge in [0.15, 0.2) is 5.03 Å². The molecule has 0 aliphatic heterocycles. The second-order valence-electron chi connectivity index (χ2n) is 4.16. The van der Waals surface area contributed by atoms with Crippen LogP contribution in [-0.4, -0.2) is 40.6 Å². The Morgan fingerprint density at radius 2 is 2.29 bits per heavy atom. The third-order valence-corrected chi connectivity index (χ3v) is 5.49. The highest BCUT2D eigenvalue weighted by atomic mass is 79.9. The Kier molecular flexibility index (Phi) is 4.22. The van der Waals surface area contributed by atoms with E-state index in [1.807, 2.05) is 0 Å². The number of sulfonamides is 1. The van der Waals surface area contributed by atoms with E-state index in [-0.39, 0.29) is 11.1 Å². The Labute approximate surface area is 110 Å². The lowest BCUT2D eigenvalue weighted by Crippen LogP contribution is -2.44. The molecule has 1 N–H and O–H groups in total. The molecule has 2 rings (SSSR count). The molecule has 1 saturated carbocycles. The highest BCUT2D eigenvalue weighted by Crippen LogP contribution is 2.29. The van der Waals surface area contributed by atoms with Gasteiger partial charge >= 0.3 is 0 Å². The molecule has 0 amide bonds. The third-order valence-electron chi connectivity index (χ3n) is 3.05. The summed E-state index contributed by atoms with van der Waals surface area (Å²) in [5.74, 6) is 0. The van der Waals surface area contributed by atoms with Crippen molar-refractivity contribution < 1.29 is 8.42 Å². The topological polar surface area (TPSA) is 66.1 Å². The minimum atomic E-state index is -3.40. The maximum Gasteiger partial charge on any atom is 0.260 e. The number of aromatic nitrogens is 2. The molecule has 1 aliphatic rings. The highest BCUT2D eigenvalue weighted by Gasteiger charge is 2.35. The zero-order valence-electron chi connectivity index (χ0n) is 9.47. The molecule has 1 heterocycles. The van der Waals surface area contributed by atoms with Gasteiger partial charge in [-0.2, -0.15) is 4.31 Å². The van der Waals surface area contributed by atoms with Gasteiger partial charge in [0.2, 0.25) is 0 Å². The van der Waals surface area contributed by atoms with Crippen molar-refractivity contribution in [2.75, 3.05) is 11.9 Å². The monoisotopic (exact) mass is 321 g/mol. The predicted octanol–water partition coefficient (Wildman–Crippen LogP) is 1.74. The Hall–Kier alpha value is -0.400. The van der Waals surface area contributed by atoms with E-state index in [2.05, 4.69) is 25.9 Å². The zero-order valence-corrected chi connectivity index (χ0v) is 11.9. The van der Waals surface area contributed by atoms with Crippen LogP contribution < -0.4 is 0 Å². The van der Waals surface area contributed by atoms with E-state index < -0.39 is 10.0 Å². The van der Waals surface area contributed by atoms with Crippen LogP contribution in [0.4, 0.5) is 0 Å². The second-order valence-corrected chi connectivity index (χ2v) is 6.81. The summed E-state index contributed by atoms with van der Waals surface area (Å²) in [4.78, 5) is 6.47. The maximum atomic E-state index is 12.4. The summed E-state index contributed by atoms with van der Waals surface area (Å²) in [5, 5.41) is 1.01. The molecule has 1 aromatic rings. The molecule has 0 aromatic carbocycles. The van der Waals surface area contributed by atoms with Crippen molar-refractivity contribution in [3.8, 4) is 0 Å². The van der Waals surface area contributed by atoms with Crippen LogP contribution in [0.2, 0.25) is 0 Å². The number of aromatic amines is 1. The van der Waals surface area contributed by atoms with Crippen molar-refractivity contribution in [1.29, 1.82) is 0 Å². The van der Waals surface area contributed by atoms with Gasteiger partial charge in [-0.15, -0.1) is 0 Å². The summed E-state index contributed by atoms with van der Waals surface area (Å²) < 4.78 is 26.4. The van der Waals surface area contributed by atoms with Crippen molar-refractivity contribution in [2.45, 2.75) is 36.8 Å². The molecule has 1 aliphatic carbocycles. The van der Waals surface area contributed by atoms with E-state index in [9.17, 15) is 8.42 Å². The Morgan fingerprint density at radius 3 is 2.76 bits per heavy atom. The number of hydrogen-bond acceptors (Lipinski definition) is 3. The molecule has 0 atom stereocenters. The van der Waals surface area contributed by atoms with Crippen molar-refractivity contribution >= 4 is 26.0 Å². The molecule has 17 heavy (non-hydrogen) atoms. The number of halogens is 1. The number of imidazole rings is 1. The van der Waals surface area contributed by atoms with Crippen molar-refractivity contribution in [2.24, 2.45) is 0 Å². The number of nitrogens with one attached hydrogen (secondary N) is 1. The molecule has 0 radical (unpaired) electrons. The summed E-state index contributed by atoms with van der Waals surface area (Å²) in [7, 11) is -3.40. The molecule has 1 aromatic heterocycles. The zero-order chi connectivity index (χ0) is 12.3. The van der Waals surface area contributed by atoms with Crippen LogP contribution in [-0.2, 0) is 10.0 Å². The molecule has 0 unspecified atom stereocenters. The molecule has 1 fully saturated rings. The van der Waals surface area contributed by atoms with Gasteiger partial charge in [0, 0.05) is 17.9 Å². The fraction of sp³-hybridized carbons (Fsp3) is 0.700. The summed E-state index contributed by atoms with van der Waals surface area (Å²) in [6.45, 7) is 0.567. The Bertz CT molecular complexity index is 442. The lowest BCUT2D eigenvalue weighted by Gasteiger charge is -2.36. The molecule has 96 valence electrons. The first kappa shape index (κ1) is 13.0. The molecule has 0 bridgehead atoms. The number of nitrogens with zero attached hydrogens (tertiary/aromatic N) is 2. The lowest BCUT2D eigenvalue weighted by atomic mass is 9.93. The van der Waals surface area contributed by atoms with E-state index in [0.29, 0.717) is 6.54 Å². The number of hydrogen-bond donors (Lipinski definition) is 1. The molecular formula is C10H16BrN3O2S. The van der Waals surface area contributed by atoms with Crippen molar-refractivity contribution in [3.63, 3.8) is 0 Å². The molecule has 0 saturated heterocycles. The van der Waals surface area contributed by atoms with Gasteiger partial charge in [-0.1, -0.05) is 22.4 Å². The lowest BCUT2D eigenvalue weighted by molar-refractivity contribution is 0.219. The van der Waals surface area contributed by atoms with Gasteiger partial charge in [-0.05, 0) is 19.3 Å². The van der Waals surface area contributed by atoms with Crippen LogP contribution in [0.25, 0.3) is 0 Å². The average molecular weight is 322 g/mol. The van der Waals surface area contributed by atoms with Crippen LogP contribution in [0, 0.1) is 0 Å². The number of rotatable bonds is 6. The molecule has 5 nitrogen and oxygen atoms in total. The summed E-state index contributed by atoms with van der Waals surface area (Å²) >= 11 is 3.34. The minimum absolute atomic E-state index is 0.169. The fourth-order valence-corrected chi connectivity index (χ4v) is 3.77. The van der Waals surface area contributed by atoms with Gasteiger partial charge < -0.3 is 4.98 Å². The maximum absolute atomic E-state index is 12.4. The summed E-state index contributed by atoms with van der Waals surface area (Å²) in [6, 6.07) is 0.169. The van der Waals surface area contributed by atoms with E-state index in [1.165, 1.54) is 12.5 Å². The van der Waals surface area contributed by atoms with Gasteiger partial charge in [-0.3, -0.25) is 0 Å². The first-order chi connectivity index (χ1) is 8.16. The largest absolute Gasteiger partial charge is 0.335 e. The fourth-order valence-electron chi connectivity index (χ4n) is 1.90. The Morgan fingerprint density at radius 1 is 1.53 bits per heavy atom. The normalized spacial score (nSPS) is 17.3. The van der Waals surface area contributed by atoms with E-state index >= 15 is 0 Å². The minimum Gasteiger partial charge on any atom is -0.335 e. The van der Waals surface area contributed by atoms with Gasteiger partial charge in [0.1, 0.15) is 0 Å². The smallest absolute Gasteiger partial charge is 0.260 e.